The molecule has 1 saturated heterocycles. The molecule has 122 valence electrons. The topological polar surface area (TPSA) is 78.4 Å². The van der Waals surface area contributed by atoms with E-state index >= 15 is 0 Å². The number of carbonyl (C=O) groups is 2. The van der Waals surface area contributed by atoms with Crippen molar-refractivity contribution in [2.45, 2.75) is 57.9 Å². The Morgan fingerprint density at radius 2 is 1.95 bits per heavy atom. The summed E-state index contributed by atoms with van der Waals surface area (Å²) in [7, 11) is 0. The van der Waals surface area contributed by atoms with Crippen molar-refractivity contribution in [1.29, 1.82) is 0 Å². The summed E-state index contributed by atoms with van der Waals surface area (Å²) in [6, 6.07) is 0.227. The fraction of sp³-hybridized carbons (Fsp3) is 0.867. The van der Waals surface area contributed by atoms with Crippen LogP contribution in [0.25, 0.3) is 0 Å². The average Bonchev–Trinajstić information content (AvgIpc) is 2.45. The predicted molar refractivity (Wildman–Crippen MR) is 86.8 cm³/mol. The maximum atomic E-state index is 11.8. The number of rotatable bonds is 9. The number of carboxylic acids is 1. The second-order valence-corrected chi connectivity index (χ2v) is 6.89. The summed E-state index contributed by atoms with van der Waals surface area (Å²) in [5.41, 5.74) is 0. The van der Waals surface area contributed by atoms with E-state index in [9.17, 15) is 9.59 Å². The van der Waals surface area contributed by atoms with E-state index in [1.807, 2.05) is 11.8 Å². The highest BCUT2D eigenvalue weighted by atomic mass is 32.2. The van der Waals surface area contributed by atoms with Crippen molar-refractivity contribution >= 4 is 23.8 Å². The van der Waals surface area contributed by atoms with Gasteiger partial charge in [-0.1, -0.05) is 19.8 Å². The third-order valence-corrected chi connectivity index (χ3v) is 4.91. The molecule has 0 aromatic rings. The number of aliphatic carboxylic acids is 1. The number of carboxylic acid groups (broad SMARTS) is 1. The van der Waals surface area contributed by atoms with Crippen LogP contribution in [0.4, 0.5) is 4.79 Å². The minimum Gasteiger partial charge on any atom is -0.481 e. The fourth-order valence-corrected chi connectivity index (χ4v) is 3.74. The van der Waals surface area contributed by atoms with Gasteiger partial charge in [0, 0.05) is 19.0 Å². The molecule has 2 amide bonds. The first-order chi connectivity index (χ1) is 10.1. The molecule has 1 unspecified atom stereocenters. The SMILES string of the molecule is CCCC(CCNC(=O)NC1CCSCC1)CCC(=O)O. The first-order valence-corrected chi connectivity index (χ1v) is 9.11. The molecule has 6 heteroatoms. The minimum absolute atomic E-state index is 0.0830. The van der Waals surface area contributed by atoms with Gasteiger partial charge in [0.15, 0.2) is 0 Å². The van der Waals surface area contributed by atoms with Gasteiger partial charge in [0.05, 0.1) is 0 Å². The molecular weight excluding hydrogens is 288 g/mol. The highest BCUT2D eigenvalue weighted by Crippen LogP contribution is 2.18. The predicted octanol–water partition coefficient (Wildman–Crippen LogP) is 2.85. The van der Waals surface area contributed by atoms with E-state index in [4.69, 9.17) is 5.11 Å². The van der Waals surface area contributed by atoms with Crippen LogP contribution in [0.3, 0.4) is 0 Å². The van der Waals surface area contributed by atoms with Crippen LogP contribution in [-0.2, 0) is 4.79 Å². The molecule has 3 N–H and O–H groups in total. The molecule has 0 aliphatic carbocycles. The highest BCUT2D eigenvalue weighted by molar-refractivity contribution is 7.99. The normalized spacial score (nSPS) is 17.2. The lowest BCUT2D eigenvalue weighted by Gasteiger charge is -2.23. The Morgan fingerprint density at radius 1 is 1.24 bits per heavy atom. The van der Waals surface area contributed by atoms with Gasteiger partial charge in [0.1, 0.15) is 0 Å². The Hall–Kier alpha value is -0.910. The molecule has 1 heterocycles. The van der Waals surface area contributed by atoms with Gasteiger partial charge in [0.2, 0.25) is 0 Å². The second kappa shape index (κ2) is 10.8. The summed E-state index contributed by atoms with van der Waals surface area (Å²) in [6.07, 6.45) is 5.95. The van der Waals surface area contributed by atoms with Crippen LogP contribution >= 0.6 is 11.8 Å². The van der Waals surface area contributed by atoms with Gasteiger partial charge < -0.3 is 15.7 Å². The molecule has 5 nitrogen and oxygen atoms in total. The zero-order valence-corrected chi connectivity index (χ0v) is 13.7. The largest absolute Gasteiger partial charge is 0.481 e. The molecule has 1 fully saturated rings. The molecule has 21 heavy (non-hydrogen) atoms. The Kier molecular flexibility index (Phi) is 9.30. The number of carbonyl (C=O) groups excluding carboxylic acids is 1. The summed E-state index contributed by atoms with van der Waals surface area (Å²) in [5, 5.41) is 14.7. The van der Waals surface area contributed by atoms with Crippen LogP contribution in [0.2, 0.25) is 0 Å². The van der Waals surface area contributed by atoms with Gasteiger partial charge in [-0.15, -0.1) is 0 Å². The molecule has 1 aliphatic heterocycles. The van der Waals surface area contributed by atoms with Gasteiger partial charge in [-0.2, -0.15) is 11.8 Å². The van der Waals surface area contributed by atoms with Crippen LogP contribution < -0.4 is 10.6 Å². The van der Waals surface area contributed by atoms with Crippen LogP contribution in [0.15, 0.2) is 0 Å². The monoisotopic (exact) mass is 316 g/mol. The van der Waals surface area contributed by atoms with E-state index in [0.717, 1.165) is 43.6 Å². The minimum atomic E-state index is -0.739. The van der Waals surface area contributed by atoms with E-state index < -0.39 is 5.97 Å². The standard InChI is InChI=1S/C15H28N2O3S/c1-2-3-12(4-5-14(18)19)6-9-16-15(20)17-13-7-10-21-11-8-13/h12-13H,2-11H2,1H3,(H,18,19)(H2,16,17,20). The number of hydrogen-bond acceptors (Lipinski definition) is 3. The van der Waals surface area contributed by atoms with Gasteiger partial charge in [-0.3, -0.25) is 4.79 Å². The molecule has 1 rings (SSSR count). The van der Waals surface area contributed by atoms with Gasteiger partial charge in [-0.25, -0.2) is 4.79 Å². The average molecular weight is 316 g/mol. The van der Waals surface area contributed by atoms with Crippen molar-refractivity contribution in [2.75, 3.05) is 18.1 Å². The number of amides is 2. The Balaban J connectivity index is 2.16. The summed E-state index contributed by atoms with van der Waals surface area (Å²) < 4.78 is 0. The number of urea groups is 1. The zero-order chi connectivity index (χ0) is 15.5. The molecule has 0 aromatic carbocycles. The Bertz CT molecular complexity index is 320. The lowest BCUT2D eigenvalue weighted by atomic mass is 9.94. The van der Waals surface area contributed by atoms with E-state index in [1.165, 1.54) is 0 Å². The number of nitrogens with one attached hydrogen (secondary N) is 2. The molecule has 1 aliphatic rings. The summed E-state index contributed by atoms with van der Waals surface area (Å²) in [5.74, 6) is 1.90. The maximum absolute atomic E-state index is 11.8. The summed E-state index contributed by atoms with van der Waals surface area (Å²) >= 11 is 1.94. The third-order valence-electron chi connectivity index (χ3n) is 3.86. The van der Waals surface area contributed by atoms with Crippen molar-refractivity contribution in [2.24, 2.45) is 5.92 Å². The molecule has 0 spiro atoms. The quantitative estimate of drug-likeness (QED) is 0.611. The van der Waals surface area contributed by atoms with Gasteiger partial charge >= 0.3 is 12.0 Å². The summed E-state index contributed by atoms with van der Waals surface area (Å²) in [6.45, 7) is 2.73. The van der Waals surface area contributed by atoms with Crippen molar-refractivity contribution in [3.05, 3.63) is 0 Å². The highest BCUT2D eigenvalue weighted by Gasteiger charge is 2.16. The number of thioether (sulfide) groups is 1. The van der Waals surface area contributed by atoms with E-state index in [-0.39, 0.29) is 12.5 Å². The van der Waals surface area contributed by atoms with Crippen molar-refractivity contribution in [1.82, 2.24) is 10.6 Å². The molecule has 0 aromatic heterocycles. The Labute approximate surface area is 131 Å². The lowest BCUT2D eigenvalue weighted by molar-refractivity contribution is -0.137. The lowest BCUT2D eigenvalue weighted by Crippen LogP contribution is -2.44. The van der Waals surface area contributed by atoms with Crippen LogP contribution in [0.1, 0.15) is 51.9 Å². The smallest absolute Gasteiger partial charge is 0.315 e. The van der Waals surface area contributed by atoms with Gasteiger partial charge in [-0.05, 0) is 43.1 Å². The van der Waals surface area contributed by atoms with Crippen LogP contribution in [0, 0.1) is 5.92 Å². The van der Waals surface area contributed by atoms with Crippen LogP contribution in [-0.4, -0.2) is 41.2 Å². The molecule has 0 bridgehead atoms. The Morgan fingerprint density at radius 3 is 2.57 bits per heavy atom. The first-order valence-electron chi connectivity index (χ1n) is 7.95. The van der Waals surface area contributed by atoms with Crippen molar-refractivity contribution in [3.8, 4) is 0 Å². The van der Waals surface area contributed by atoms with Crippen molar-refractivity contribution in [3.63, 3.8) is 0 Å². The van der Waals surface area contributed by atoms with E-state index in [1.54, 1.807) is 0 Å². The second-order valence-electron chi connectivity index (χ2n) is 5.66. The third kappa shape index (κ3) is 8.86. The first kappa shape index (κ1) is 18.1. The van der Waals surface area contributed by atoms with E-state index in [2.05, 4.69) is 17.6 Å². The maximum Gasteiger partial charge on any atom is 0.315 e. The van der Waals surface area contributed by atoms with E-state index in [0.29, 0.717) is 24.9 Å². The van der Waals surface area contributed by atoms with Crippen molar-refractivity contribution < 1.29 is 14.7 Å². The zero-order valence-electron chi connectivity index (χ0n) is 12.9. The van der Waals surface area contributed by atoms with Crippen LogP contribution in [0.5, 0.6) is 0 Å². The molecule has 1 atom stereocenters. The number of hydrogen-bond donors (Lipinski definition) is 3. The molecule has 0 saturated carbocycles. The summed E-state index contributed by atoms with van der Waals surface area (Å²) in [4.78, 5) is 22.4. The fourth-order valence-electron chi connectivity index (χ4n) is 2.64. The molecule has 0 radical (unpaired) electrons. The van der Waals surface area contributed by atoms with Gasteiger partial charge in [0.25, 0.3) is 0 Å². The molecular formula is C15H28N2O3S.